The van der Waals surface area contributed by atoms with E-state index in [9.17, 15) is 4.79 Å². The number of carbonyl (C=O) groups excluding carboxylic acids is 1. The van der Waals surface area contributed by atoms with E-state index in [0.717, 1.165) is 5.56 Å². The Labute approximate surface area is 116 Å². The quantitative estimate of drug-likeness (QED) is 0.850. The molecule has 6 heteroatoms. The molecule has 1 aromatic carbocycles. The van der Waals surface area contributed by atoms with Crippen molar-refractivity contribution in [3.8, 4) is 0 Å². The van der Waals surface area contributed by atoms with Crippen molar-refractivity contribution in [3.05, 3.63) is 47.5 Å². The highest BCUT2D eigenvalue weighted by Gasteiger charge is 2.45. The maximum absolute atomic E-state index is 11.6. The van der Waals surface area contributed by atoms with Crippen molar-refractivity contribution < 1.29 is 14.3 Å². The molecule has 1 saturated heterocycles. The molecule has 0 radical (unpaired) electrons. The third-order valence-corrected chi connectivity index (χ3v) is 3.42. The predicted molar refractivity (Wildman–Crippen MR) is 70.4 cm³/mol. The summed E-state index contributed by atoms with van der Waals surface area (Å²) in [6.07, 6.45) is 0. The maximum atomic E-state index is 11.6. The summed E-state index contributed by atoms with van der Waals surface area (Å²) >= 11 is 0. The van der Waals surface area contributed by atoms with Crippen molar-refractivity contribution in [2.45, 2.75) is 12.3 Å². The number of nitrogens with one attached hydrogen (secondary N) is 1. The first-order valence-corrected chi connectivity index (χ1v) is 6.49. The van der Waals surface area contributed by atoms with Gasteiger partial charge in [-0.1, -0.05) is 30.3 Å². The summed E-state index contributed by atoms with van der Waals surface area (Å²) in [5, 5.41) is 6.79. The fraction of sp³-hybridized carbons (Fsp3) is 0.357. The number of H-pyrrole nitrogens is 1. The van der Waals surface area contributed by atoms with Crippen LogP contribution in [0.25, 0.3) is 0 Å². The van der Waals surface area contributed by atoms with Gasteiger partial charge in [0, 0.05) is 0 Å². The average molecular weight is 273 g/mol. The average Bonchev–Trinajstić information content (AvgIpc) is 2.89. The van der Waals surface area contributed by atoms with Gasteiger partial charge in [-0.15, -0.1) is 5.10 Å². The van der Waals surface area contributed by atoms with Crippen molar-refractivity contribution in [1.29, 1.82) is 0 Å². The molecule has 2 heterocycles. The second-order valence-corrected chi connectivity index (χ2v) is 4.67. The number of nitrogens with zero attached hydrogens (tertiary/aromatic N) is 2. The Bertz CT molecular complexity index is 605. The minimum Gasteiger partial charge on any atom is -0.460 e. The monoisotopic (exact) mass is 273 g/mol. The highest BCUT2D eigenvalue weighted by atomic mass is 16.5. The Morgan fingerprint density at radius 3 is 2.75 bits per heavy atom. The van der Waals surface area contributed by atoms with Gasteiger partial charge in [0.1, 0.15) is 11.2 Å². The highest BCUT2D eigenvalue weighted by molar-refractivity contribution is 5.85. The molecule has 3 rings (SSSR count). The molecular weight excluding hydrogens is 258 g/mol. The van der Waals surface area contributed by atoms with Crippen molar-refractivity contribution in [1.82, 2.24) is 15.2 Å². The zero-order valence-electron chi connectivity index (χ0n) is 11.1. The van der Waals surface area contributed by atoms with Crippen LogP contribution in [0.2, 0.25) is 0 Å². The normalized spacial score (nSPS) is 16.4. The van der Waals surface area contributed by atoms with Gasteiger partial charge in [-0.2, -0.15) is 0 Å². The molecule has 1 aliphatic rings. The van der Waals surface area contributed by atoms with Gasteiger partial charge in [0.2, 0.25) is 0 Å². The summed E-state index contributed by atoms with van der Waals surface area (Å²) in [7, 11) is 0. The van der Waals surface area contributed by atoms with E-state index in [0.29, 0.717) is 25.6 Å². The molecule has 1 N–H and O–H groups in total. The summed E-state index contributed by atoms with van der Waals surface area (Å²) in [6.45, 7) is 3.09. The molecule has 0 atom stereocenters. The van der Waals surface area contributed by atoms with Gasteiger partial charge in [0.25, 0.3) is 5.82 Å². The number of rotatable bonds is 4. The number of ether oxygens (including phenoxy) is 2. The molecule has 6 nitrogen and oxygen atoms in total. The van der Waals surface area contributed by atoms with Gasteiger partial charge in [0.15, 0.2) is 0 Å². The van der Waals surface area contributed by atoms with E-state index < -0.39 is 5.97 Å². The fourth-order valence-electron chi connectivity index (χ4n) is 2.27. The lowest BCUT2D eigenvalue weighted by molar-refractivity contribution is -0.0420. The number of aromatic nitrogens is 3. The van der Waals surface area contributed by atoms with Crippen LogP contribution in [-0.2, 0) is 14.9 Å². The lowest BCUT2D eigenvalue weighted by Gasteiger charge is -2.39. The molecule has 104 valence electrons. The zero-order chi connectivity index (χ0) is 14.0. The van der Waals surface area contributed by atoms with E-state index in [1.54, 1.807) is 6.92 Å². The Hall–Kier alpha value is -2.21. The number of hydrogen-bond donors (Lipinski definition) is 1. The van der Waals surface area contributed by atoms with Crippen LogP contribution < -0.4 is 0 Å². The first kappa shape index (κ1) is 12.8. The Balaban J connectivity index is 1.93. The number of benzene rings is 1. The highest BCUT2D eigenvalue weighted by Crippen LogP contribution is 2.37. The molecule has 0 aliphatic carbocycles. The van der Waals surface area contributed by atoms with Crippen LogP contribution in [0.15, 0.2) is 30.3 Å². The number of aromatic amines is 1. The summed E-state index contributed by atoms with van der Waals surface area (Å²) in [5.74, 6) is 0.181. The Morgan fingerprint density at radius 1 is 1.40 bits per heavy atom. The van der Waals surface area contributed by atoms with Crippen molar-refractivity contribution >= 4 is 5.97 Å². The van der Waals surface area contributed by atoms with Crippen molar-refractivity contribution in [3.63, 3.8) is 0 Å². The predicted octanol–water partition coefficient (Wildman–Crippen LogP) is 1.30. The van der Waals surface area contributed by atoms with Crippen LogP contribution in [-0.4, -0.2) is 41.0 Å². The van der Waals surface area contributed by atoms with E-state index >= 15 is 0 Å². The van der Waals surface area contributed by atoms with Gasteiger partial charge in [0.05, 0.1) is 19.8 Å². The lowest BCUT2D eigenvalue weighted by Crippen LogP contribution is -2.48. The van der Waals surface area contributed by atoms with Gasteiger partial charge in [-0.05, 0) is 12.5 Å². The van der Waals surface area contributed by atoms with Gasteiger partial charge >= 0.3 is 5.97 Å². The van der Waals surface area contributed by atoms with Gasteiger partial charge < -0.3 is 9.47 Å². The Morgan fingerprint density at radius 2 is 2.15 bits per heavy atom. The van der Waals surface area contributed by atoms with Crippen LogP contribution in [0, 0.1) is 0 Å². The molecule has 1 aliphatic heterocycles. The molecule has 0 spiro atoms. The third kappa shape index (κ3) is 1.98. The molecule has 2 aromatic rings. The lowest BCUT2D eigenvalue weighted by atomic mass is 9.78. The second-order valence-electron chi connectivity index (χ2n) is 4.67. The van der Waals surface area contributed by atoms with E-state index in [1.165, 1.54) is 0 Å². The van der Waals surface area contributed by atoms with Crippen molar-refractivity contribution in [2.24, 2.45) is 0 Å². The molecule has 20 heavy (non-hydrogen) atoms. The maximum Gasteiger partial charge on any atom is 0.378 e. The summed E-state index contributed by atoms with van der Waals surface area (Å²) < 4.78 is 10.3. The van der Waals surface area contributed by atoms with Crippen LogP contribution in [0.1, 0.15) is 28.9 Å². The van der Waals surface area contributed by atoms with E-state index in [1.807, 2.05) is 30.3 Å². The SMILES string of the molecule is CCOC(=O)c1n[nH]c(C2(c3ccccc3)COC2)n1. The summed E-state index contributed by atoms with van der Waals surface area (Å²) in [4.78, 5) is 15.9. The molecule has 1 fully saturated rings. The van der Waals surface area contributed by atoms with Crippen LogP contribution in [0.3, 0.4) is 0 Å². The van der Waals surface area contributed by atoms with Gasteiger partial charge in [-0.25, -0.2) is 9.78 Å². The third-order valence-electron chi connectivity index (χ3n) is 3.42. The topological polar surface area (TPSA) is 77.1 Å². The van der Waals surface area contributed by atoms with E-state index in [4.69, 9.17) is 9.47 Å². The molecule has 0 amide bonds. The summed E-state index contributed by atoms with van der Waals surface area (Å²) in [5.41, 5.74) is 0.747. The number of carbonyl (C=O) groups is 1. The molecule has 0 saturated carbocycles. The minimum atomic E-state index is -0.515. The summed E-state index contributed by atoms with van der Waals surface area (Å²) in [6, 6.07) is 9.95. The fourth-order valence-corrected chi connectivity index (χ4v) is 2.27. The first-order chi connectivity index (χ1) is 9.76. The van der Waals surface area contributed by atoms with Crippen LogP contribution in [0.4, 0.5) is 0 Å². The van der Waals surface area contributed by atoms with Crippen molar-refractivity contribution in [2.75, 3.05) is 19.8 Å². The minimum absolute atomic E-state index is 0.0593. The number of hydrogen-bond acceptors (Lipinski definition) is 5. The van der Waals surface area contributed by atoms with Gasteiger partial charge in [-0.3, -0.25) is 5.10 Å². The number of esters is 1. The molecule has 0 bridgehead atoms. The molecular formula is C14H15N3O3. The van der Waals surface area contributed by atoms with Crippen LogP contribution >= 0.6 is 0 Å². The molecule has 1 aromatic heterocycles. The second kappa shape index (κ2) is 5.05. The van der Waals surface area contributed by atoms with Crippen LogP contribution in [0.5, 0.6) is 0 Å². The first-order valence-electron chi connectivity index (χ1n) is 6.49. The largest absolute Gasteiger partial charge is 0.460 e. The van der Waals surface area contributed by atoms with E-state index in [-0.39, 0.29) is 11.2 Å². The smallest absolute Gasteiger partial charge is 0.378 e. The molecule has 0 unspecified atom stereocenters. The standard InChI is InChI=1S/C14H15N3O3/c1-2-20-12(18)11-15-13(17-16-11)14(8-19-9-14)10-6-4-3-5-7-10/h3-7H,2,8-9H2,1H3,(H,15,16,17). The van der Waals surface area contributed by atoms with E-state index in [2.05, 4.69) is 15.2 Å². The Kier molecular flexibility index (Phi) is 3.23. The zero-order valence-corrected chi connectivity index (χ0v) is 11.1.